The number of carbonyl (C=O) groups is 1. The van der Waals surface area contributed by atoms with E-state index in [-0.39, 0.29) is 29.9 Å². The summed E-state index contributed by atoms with van der Waals surface area (Å²) in [5, 5.41) is 5.98. The van der Waals surface area contributed by atoms with E-state index in [2.05, 4.69) is 10.6 Å². The highest BCUT2D eigenvalue weighted by Crippen LogP contribution is 2.14. The summed E-state index contributed by atoms with van der Waals surface area (Å²) in [6, 6.07) is 2.90. The van der Waals surface area contributed by atoms with Gasteiger partial charge >= 0.3 is 0 Å². The highest BCUT2D eigenvalue weighted by atomic mass is 35.5. The molecule has 3 nitrogen and oxygen atoms in total. The number of hydrogen-bond donors (Lipinski definition) is 2. The summed E-state index contributed by atoms with van der Waals surface area (Å²) in [5.74, 6) is -1.58. The first-order chi connectivity index (χ1) is 8.58. The number of nitrogens with one attached hydrogen (secondary N) is 2. The molecule has 1 aromatic carbocycles. The van der Waals surface area contributed by atoms with Crippen LogP contribution in [0.4, 0.5) is 8.78 Å². The zero-order valence-electron chi connectivity index (χ0n) is 10.6. The van der Waals surface area contributed by atoms with Crippen molar-refractivity contribution in [3.63, 3.8) is 0 Å². The van der Waals surface area contributed by atoms with Crippen LogP contribution in [0.3, 0.4) is 0 Å². The number of rotatable bonds is 2. The maximum absolute atomic E-state index is 13.4. The molecule has 0 radical (unpaired) electrons. The third-order valence-corrected chi connectivity index (χ3v) is 3.27. The van der Waals surface area contributed by atoms with E-state index < -0.39 is 17.5 Å². The highest BCUT2D eigenvalue weighted by Gasteiger charge is 2.24. The molecule has 1 saturated heterocycles. The van der Waals surface area contributed by atoms with E-state index >= 15 is 0 Å². The molecule has 2 atom stereocenters. The minimum absolute atomic E-state index is 0. The Bertz CT molecular complexity index is 456. The van der Waals surface area contributed by atoms with Crippen molar-refractivity contribution >= 4 is 18.3 Å². The third kappa shape index (κ3) is 3.88. The van der Waals surface area contributed by atoms with Crippen LogP contribution < -0.4 is 10.6 Å². The Morgan fingerprint density at radius 1 is 1.42 bits per heavy atom. The third-order valence-electron chi connectivity index (χ3n) is 3.27. The van der Waals surface area contributed by atoms with Gasteiger partial charge in [0.2, 0.25) is 0 Å². The molecule has 2 rings (SSSR count). The smallest absolute Gasteiger partial charge is 0.254 e. The number of benzene rings is 1. The molecule has 19 heavy (non-hydrogen) atoms. The Labute approximate surface area is 117 Å². The Hall–Kier alpha value is -1.20. The van der Waals surface area contributed by atoms with Crippen LogP contribution in [0.5, 0.6) is 0 Å². The molecule has 0 saturated carbocycles. The second-order valence-corrected chi connectivity index (χ2v) is 4.67. The second kappa shape index (κ2) is 6.82. The maximum Gasteiger partial charge on any atom is 0.254 e. The van der Waals surface area contributed by atoms with E-state index in [0.29, 0.717) is 0 Å². The molecule has 1 aliphatic rings. The molecule has 0 aromatic heterocycles. The van der Waals surface area contributed by atoms with Gasteiger partial charge in [0.1, 0.15) is 11.6 Å². The molecule has 1 aromatic rings. The van der Waals surface area contributed by atoms with Gasteiger partial charge in [-0.25, -0.2) is 8.78 Å². The van der Waals surface area contributed by atoms with E-state index in [1.165, 1.54) is 0 Å². The minimum Gasteiger partial charge on any atom is -0.349 e. The molecule has 0 bridgehead atoms. The molecule has 2 unspecified atom stereocenters. The van der Waals surface area contributed by atoms with Crippen molar-refractivity contribution in [1.29, 1.82) is 0 Å². The predicted octanol–water partition coefficient (Wildman–Crippen LogP) is 2.11. The number of amides is 1. The van der Waals surface area contributed by atoms with Crippen LogP contribution in [0.1, 0.15) is 23.7 Å². The Morgan fingerprint density at radius 2 is 2.16 bits per heavy atom. The van der Waals surface area contributed by atoms with E-state index in [1.807, 2.05) is 6.92 Å². The average Bonchev–Trinajstić information content (AvgIpc) is 2.35. The Morgan fingerprint density at radius 3 is 2.84 bits per heavy atom. The van der Waals surface area contributed by atoms with E-state index in [9.17, 15) is 13.6 Å². The fourth-order valence-corrected chi connectivity index (χ4v) is 2.15. The van der Waals surface area contributed by atoms with Gasteiger partial charge in [0, 0.05) is 6.04 Å². The number of halogens is 3. The first kappa shape index (κ1) is 15.9. The molecular weight excluding hydrogens is 274 g/mol. The first-order valence-corrected chi connectivity index (χ1v) is 6.04. The van der Waals surface area contributed by atoms with Gasteiger partial charge in [-0.1, -0.05) is 6.92 Å². The summed E-state index contributed by atoms with van der Waals surface area (Å²) in [6.07, 6.45) is 0.795. The Balaban J connectivity index is 0.00000180. The lowest BCUT2D eigenvalue weighted by atomic mass is 9.95. The van der Waals surface area contributed by atoms with Gasteiger partial charge < -0.3 is 10.6 Å². The molecule has 1 fully saturated rings. The van der Waals surface area contributed by atoms with Gasteiger partial charge in [0.25, 0.3) is 5.91 Å². The van der Waals surface area contributed by atoms with Gasteiger partial charge in [-0.3, -0.25) is 4.79 Å². The van der Waals surface area contributed by atoms with Crippen LogP contribution in [-0.4, -0.2) is 25.0 Å². The van der Waals surface area contributed by atoms with Gasteiger partial charge in [-0.2, -0.15) is 0 Å². The van der Waals surface area contributed by atoms with Gasteiger partial charge in [-0.15, -0.1) is 12.4 Å². The van der Waals surface area contributed by atoms with E-state index in [4.69, 9.17) is 0 Å². The van der Waals surface area contributed by atoms with E-state index in [1.54, 1.807) is 0 Å². The van der Waals surface area contributed by atoms with Crippen LogP contribution in [0.2, 0.25) is 0 Å². The predicted molar refractivity (Wildman–Crippen MR) is 71.5 cm³/mol. The summed E-state index contributed by atoms with van der Waals surface area (Å²) in [5.41, 5.74) is -0.235. The second-order valence-electron chi connectivity index (χ2n) is 4.67. The Kier molecular flexibility index (Phi) is 5.69. The lowest BCUT2D eigenvalue weighted by Gasteiger charge is -2.30. The highest BCUT2D eigenvalue weighted by molar-refractivity contribution is 5.94. The molecule has 1 heterocycles. The lowest BCUT2D eigenvalue weighted by molar-refractivity contribution is 0.0909. The zero-order chi connectivity index (χ0) is 13.1. The van der Waals surface area contributed by atoms with Crippen LogP contribution in [0, 0.1) is 17.6 Å². The zero-order valence-corrected chi connectivity index (χ0v) is 11.4. The molecule has 2 N–H and O–H groups in total. The van der Waals surface area contributed by atoms with Crippen molar-refractivity contribution in [3.8, 4) is 0 Å². The van der Waals surface area contributed by atoms with Crippen molar-refractivity contribution in [2.24, 2.45) is 5.92 Å². The van der Waals surface area contributed by atoms with Gasteiger partial charge in [-0.05, 0) is 43.6 Å². The molecule has 0 aliphatic carbocycles. The van der Waals surface area contributed by atoms with Crippen LogP contribution in [0.25, 0.3) is 0 Å². The van der Waals surface area contributed by atoms with Crippen LogP contribution in [-0.2, 0) is 0 Å². The van der Waals surface area contributed by atoms with Crippen molar-refractivity contribution < 1.29 is 13.6 Å². The SMILES string of the molecule is CC1CNCCC1NC(=O)c1cc(F)ccc1F.Cl. The summed E-state index contributed by atoms with van der Waals surface area (Å²) < 4.78 is 26.4. The van der Waals surface area contributed by atoms with E-state index in [0.717, 1.165) is 37.7 Å². The molecule has 1 amide bonds. The molecular formula is C13H17ClF2N2O. The normalized spacial score (nSPS) is 22.5. The minimum atomic E-state index is -0.699. The quantitative estimate of drug-likeness (QED) is 0.876. The molecule has 106 valence electrons. The summed E-state index contributed by atoms with van der Waals surface area (Å²) in [6.45, 7) is 3.65. The topological polar surface area (TPSA) is 41.1 Å². The van der Waals surface area contributed by atoms with Crippen LogP contribution >= 0.6 is 12.4 Å². The lowest BCUT2D eigenvalue weighted by Crippen LogP contribution is -2.48. The van der Waals surface area contributed by atoms with Crippen molar-refractivity contribution in [2.75, 3.05) is 13.1 Å². The average molecular weight is 291 g/mol. The first-order valence-electron chi connectivity index (χ1n) is 6.04. The molecule has 6 heteroatoms. The number of piperidine rings is 1. The largest absolute Gasteiger partial charge is 0.349 e. The summed E-state index contributed by atoms with van der Waals surface area (Å²) in [4.78, 5) is 11.9. The fourth-order valence-electron chi connectivity index (χ4n) is 2.15. The van der Waals surface area contributed by atoms with Crippen molar-refractivity contribution in [1.82, 2.24) is 10.6 Å². The summed E-state index contributed by atoms with van der Waals surface area (Å²) in [7, 11) is 0. The number of hydrogen-bond acceptors (Lipinski definition) is 2. The van der Waals surface area contributed by atoms with Gasteiger partial charge in [0.15, 0.2) is 0 Å². The fraction of sp³-hybridized carbons (Fsp3) is 0.462. The summed E-state index contributed by atoms with van der Waals surface area (Å²) >= 11 is 0. The molecule has 0 spiro atoms. The number of carbonyl (C=O) groups excluding carboxylic acids is 1. The van der Waals surface area contributed by atoms with Crippen molar-refractivity contribution in [3.05, 3.63) is 35.4 Å². The standard InChI is InChI=1S/C13H16F2N2O.ClH/c1-8-7-16-5-4-12(8)17-13(18)10-6-9(14)2-3-11(10)15;/h2-3,6,8,12,16H,4-5,7H2,1H3,(H,17,18);1H. The van der Waals surface area contributed by atoms with Gasteiger partial charge in [0.05, 0.1) is 5.56 Å². The monoisotopic (exact) mass is 290 g/mol. The molecule has 1 aliphatic heterocycles. The maximum atomic E-state index is 13.4. The van der Waals surface area contributed by atoms with Crippen molar-refractivity contribution in [2.45, 2.75) is 19.4 Å². The van der Waals surface area contributed by atoms with Crippen LogP contribution in [0.15, 0.2) is 18.2 Å².